The van der Waals surface area contributed by atoms with Crippen LogP contribution in [0.3, 0.4) is 0 Å². The predicted octanol–water partition coefficient (Wildman–Crippen LogP) is 2.71. The molecule has 17 heavy (non-hydrogen) atoms. The summed E-state index contributed by atoms with van der Waals surface area (Å²) >= 11 is 0. The lowest BCUT2D eigenvalue weighted by atomic mass is 10.2. The summed E-state index contributed by atoms with van der Waals surface area (Å²) in [5.41, 5.74) is 1.14. The van der Waals surface area contributed by atoms with Gasteiger partial charge in [0.1, 0.15) is 11.4 Å². The number of carboxylic acid groups (broad SMARTS) is 1. The van der Waals surface area contributed by atoms with Crippen LogP contribution < -0.4 is 4.90 Å². The van der Waals surface area contributed by atoms with Crippen molar-refractivity contribution in [3.05, 3.63) is 23.4 Å². The highest BCUT2D eigenvalue weighted by atomic mass is 16.4. The number of aromatic carboxylic acids is 1. The Balaban J connectivity index is 3.14. The van der Waals surface area contributed by atoms with E-state index in [0.29, 0.717) is 5.82 Å². The summed E-state index contributed by atoms with van der Waals surface area (Å²) in [7, 11) is 0. The Morgan fingerprint density at radius 2 is 1.88 bits per heavy atom. The molecule has 1 aromatic heterocycles. The largest absolute Gasteiger partial charge is 0.478 e. The average Bonchev–Trinajstić information content (AvgIpc) is 2.28. The second-order valence-corrected chi connectivity index (χ2v) is 4.12. The summed E-state index contributed by atoms with van der Waals surface area (Å²) in [5, 5.41) is 9.18. The van der Waals surface area contributed by atoms with Gasteiger partial charge in [-0.05, 0) is 31.9 Å². The molecule has 4 nitrogen and oxygen atoms in total. The van der Waals surface area contributed by atoms with Gasteiger partial charge in [0.05, 0.1) is 0 Å². The van der Waals surface area contributed by atoms with Crippen molar-refractivity contribution in [2.45, 2.75) is 33.6 Å². The van der Waals surface area contributed by atoms with Gasteiger partial charge in [-0.2, -0.15) is 0 Å². The van der Waals surface area contributed by atoms with Gasteiger partial charge < -0.3 is 10.0 Å². The Morgan fingerprint density at radius 1 is 1.29 bits per heavy atom. The van der Waals surface area contributed by atoms with Crippen molar-refractivity contribution >= 4 is 11.8 Å². The summed E-state index contributed by atoms with van der Waals surface area (Å²) in [5.74, 6) is -0.314. The minimum Gasteiger partial charge on any atom is -0.478 e. The van der Waals surface area contributed by atoms with Gasteiger partial charge in [0, 0.05) is 18.8 Å². The van der Waals surface area contributed by atoms with Gasteiger partial charge in [-0.15, -0.1) is 0 Å². The van der Waals surface area contributed by atoms with Crippen molar-refractivity contribution < 1.29 is 9.90 Å². The van der Waals surface area contributed by atoms with E-state index >= 15 is 0 Å². The third-order valence-corrected chi connectivity index (χ3v) is 2.53. The first-order chi connectivity index (χ1) is 8.10. The highest BCUT2D eigenvalue weighted by Crippen LogP contribution is 2.19. The molecule has 1 heterocycles. The van der Waals surface area contributed by atoms with Gasteiger partial charge in [-0.3, -0.25) is 0 Å². The smallest absolute Gasteiger partial charge is 0.339 e. The Morgan fingerprint density at radius 3 is 2.35 bits per heavy atom. The van der Waals surface area contributed by atoms with Gasteiger partial charge in [-0.25, -0.2) is 9.78 Å². The molecule has 1 aromatic rings. The van der Waals surface area contributed by atoms with E-state index < -0.39 is 5.97 Å². The van der Waals surface area contributed by atoms with E-state index in [0.717, 1.165) is 31.6 Å². The van der Waals surface area contributed by atoms with Crippen LogP contribution in [0.2, 0.25) is 0 Å². The van der Waals surface area contributed by atoms with Crippen molar-refractivity contribution in [2.75, 3.05) is 18.0 Å². The molecular weight excluding hydrogens is 216 g/mol. The van der Waals surface area contributed by atoms with E-state index in [1.165, 1.54) is 0 Å². The fourth-order valence-electron chi connectivity index (χ4n) is 1.81. The highest BCUT2D eigenvalue weighted by molar-refractivity contribution is 5.93. The lowest BCUT2D eigenvalue weighted by Crippen LogP contribution is -2.28. The molecule has 94 valence electrons. The molecule has 0 atom stereocenters. The van der Waals surface area contributed by atoms with Gasteiger partial charge in [0.15, 0.2) is 0 Å². The van der Waals surface area contributed by atoms with Crippen molar-refractivity contribution in [1.82, 2.24) is 4.98 Å². The molecule has 0 aromatic carbocycles. The number of carbonyl (C=O) groups is 1. The van der Waals surface area contributed by atoms with E-state index in [-0.39, 0.29) is 5.56 Å². The highest BCUT2D eigenvalue weighted by Gasteiger charge is 2.16. The fraction of sp³-hybridized carbons (Fsp3) is 0.538. The third-order valence-electron chi connectivity index (χ3n) is 2.53. The SMILES string of the molecule is CCCN(CCC)c1nc(C)ccc1C(=O)O. The van der Waals surface area contributed by atoms with E-state index in [1.54, 1.807) is 12.1 Å². The Kier molecular flexibility index (Phi) is 4.94. The number of pyridine rings is 1. The topological polar surface area (TPSA) is 53.4 Å². The average molecular weight is 236 g/mol. The first kappa shape index (κ1) is 13.5. The van der Waals surface area contributed by atoms with Crippen LogP contribution >= 0.6 is 0 Å². The van der Waals surface area contributed by atoms with Crippen LogP contribution in [0.15, 0.2) is 12.1 Å². The summed E-state index contributed by atoms with van der Waals surface area (Å²) in [6.07, 6.45) is 1.96. The zero-order valence-electron chi connectivity index (χ0n) is 10.7. The molecule has 1 N–H and O–H groups in total. The quantitative estimate of drug-likeness (QED) is 0.825. The number of hydrogen-bond acceptors (Lipinski definition) is 3. The van der Waals surface area contributed by atoms with Gasteiger partial charge >= 0.3 is 5.97 Å². The van der Waals surface area contributed by atoms with Gasteiger partial charge in [0.2, 0.25) is 0 Å². The molecule has 0 saturated carbocycles. The van der Waals surface area contributed by atoms with Crippen molar-refractivity contribution in [3.8, 4) is 0 Å². The molecule has 0 fully saturated rings. The maximum atomic E-state index is 11.2. The Labute approximate surface area is 102 Å². The second-order valence-electron chi connectivity index (χ2n) is 4.12. The zero-order chi connectivity index (χ0) is 12.8. The minimum absolute atomic E-state index is 0.289. The molecule has 0 bridgehead atoms. The molecule has 0 spiro atoms. The maximum Gasteiger partial charge on any atom is 0.339 e. The number of nitrogens with zero attached hydrogens (tertiary/aromatic N) is 2. The van der Waals surface area contributed by atoms with Crippen LogP contribution in [-0.2, 0) is 0 Å². The van der Waals surface area contributed by atoms with Gasteiger partial charge in [-0.1, -0.05) is 13.8 Å². The van der Waals surface area contributed by atoms with Gasteiger partial charge in [0.25, 0.3) is 0 Å². The number of aryl methyl sites for hydroxylation is 1. The maximum absolute atomic E-state index is 11.2. The van der Waals surface area contributed by atoms with Crippen LogP contribution in [0, 0.1) is 6.92 Å². The monoisotopic (exact) mass is 236 g/mol. The predicted molar refractivity (Wildman–Crippen MR) is 68.7 cm³/mol. The molecule has 4 heteroatoms. The van der Waals surface area contributed by atoms with Crippen molar-refractivity contribution in [3.63, 3.8) is 0 Å². The molecule has 0 aliphatic rings. The Hall–Kier alpha value is -1.58. The summed E-state index contributed by atoms with van der Waals surface area (Å²) in [4.78, 5) is 17.6. The second kappa shape index (κ2) is 6.23. The summed E-state index contributed by atoms with van der Waals surface area (Å²) in [6, 6.07) is 3.38. The number of anilines is 1. The number of carboxylic acids is 1. The lowest BCUT2D eigenvalue weighted by Gasteiger charge is -2.24. The molecule has 0 saturated heterocycles. The minimum atomic E-state index is -0.912. The third kappa shape index (κ3) is 3.44. The molecular formula is C13H20N2O2. The molecule has 1 rings (SSSR count). The van der Waals surface area contributed by atoms with Crippen molar-refractivity contribution in [2.24, 2.45) is 0 Å². The Bertz CT molecular complexity index is 385. The molecule has 0 radical (unpaired) electrons. The van der Waals surface area contributed by atoms with Crippen LogP contribution in [0.1, 0.15) is 42.7 Å². The normalized spacial score (nSPS) is 10.3. The molecule has 0 amide bonds. The summed E-state index contributed by atoms with van der Waals surface area (Å²) in [6.45, 7) is 7.72. The zero-order valence-corrected chi connectivity index (χ0v) is 10.7. The first-order valence-electron chi connectivity index (χ1n) is 6.06. The standard InChI is InChI=1S/C13H20N2O2/c1-4-8-15(9-5-2)12-11(13(16)17)7-6-10(3)14-12/h6-7H,4-5,8-9H2,1-3H3,(H,16,17). The molecule has 0 unspecified atom stereocenters. The van der Waals surface area contributed by atoms with E-state index in [9.17, 15) is 9.90 Å². The fourth-order valence-corrected chi connectivity index (χ4v) is 1.81. The first-order valence-corrected chi connectivity index (χ1v) is 6.06. The van der Waals surface area contributed by atoms with Crippen LogP contribution in [0.25, 0.3) is 0 Å². The number of hydrogen-bond donors (Lipinski definition) is 1. The van der Waals surface area contributed by atoms with Crippen LogP contribution in [0.5, 0.6) is 0 Å². The van der Waals surface area contributed by atoms with E-state index in [4.69, 9.17) is 0 Å². The van der Waals surface area contributed by atoms with E-state index in [2.05, 4.69) is 23.7 Å². The van der Waals surface area contributed by atoms with E-state index in [1.807, 2.05) is 6.92 Å². The van der Waals surface area contributed by atoms with Crippen LogP contribution in [0.4, 0.5) is 5.82 Å². The molecule has 0 aliphatic carbocycles. The number of aromatic nitrogens is 1. The summed E-state index contributed by atoms with van der Waals surface area (Å²) < 4.78 is 0. The van der Waals surface area contributed by atoms with Crippen LogP contribution in [-0.4, -0.2) is 29.1 Å². The van der Waals surface area contributed by atoms with Crippen molar-refractivity contribution in [1.29, 1.82) is 0 Å². The lowest BCUT2D eigenvalue weighted by molar-refractivity contribution is 0.0697. The molecule has 0 aliphatic heterocycles. The number of rotatable bonds is 6.